The topological polar surface area (TPSA) is 107 Å². The summed E-state index contributed by atoms with van der Waals surface area (Å²) in [4.78, 5) is 41.7. The number of thiocarbonyl (C=S) groups is 1. The van der Waals surface area contributed by atoms with Gasteiger partial charge in [0.2, 0.25) is 0 Å². The van der Waals surface area contributed by atoms with Gasteiger partial charge in [-0.2, -0.15) is 5.26 Å². The number of nitrogens with zero attached hydrogens (tertiary/aromatic N) is 4. The summed E-state index contributed by atoms with van der Waals surface area (Å²) in [5, 5.41) is 18.8. The summed E-state index contributed by atoms with van der Waals surface area (Å²) in [7, 11) is 0. The molecule has 0 bridgehead atoms. The number of carbonyl (C=O) groups excluding carboxylic acids is 1. The van der Waals surface area contributed by atoms with Crippen molar-refractivity contribution >= 4 is 52.1 Å². The molecule has 1 amide bonds. The zero-order valence-electron chi connectivity index (χ0n) is 21.4. The summed E-state index contributed by atoms with van der Waals surface area (Å²) in [5.41, 5.74) is 1.07. The number of nitriles is 1. The number of rotatable bonds is 9. The fraction of sp³-hybridized carbons (Fsp3) is 0.577. The van der Waals surface area contributed by atoms with Crippen LogP contribution in [0.15, 0.2) is 9.70 Å². The summed E-state index contributed by atoms with van der Waals surface area (Å²) in [5.74, 6) is 0.462. The van der Waals surface area contributed by atoms with Crippen molar-refractivity contribution in [3.8, 4) is 6.07 Å². The van der Waals surface area contributed by atoms with Crippen molar-refractivity contribution in [2.45, 2.75) is 66.3 Å². The maximum Gasteiger partial charge on any atom is 0.303 e. The summed E-state index contributed by atoms with van der Waals surface area (Å²) in [6, 6.07) is 2.10. The third-order valence-corrected chi connectivity index (χ3v) is 8.05. The van der Waals surface area contributed by atoms with Gasteiger partial charge in [-0.25, -0.2) is 0 Å². The standard InChI is InChI=1S/C26H34N4O4S2/c1-5-6-9-29-23(28-14-16(2)11-17(3)15-28)19(18(4)20(13-27)24(29)33)12-21-25(34)30(26(35)36-21)10-7-8-22(31)32/h12,16-17H,5-11,14-15H2,1-4H3,(H,31,32)/b21-12-. The van der Waals surface area contributed by atoms with Gasteiger partial charge in [0.05, 0.1) is 4.91 Å². The van der Waals surface area contributed by atoms with E-state index in [0.717, 1.165) is 38.2 Å². The molecule has 2 aliphatic rings. The largest absolute Gasteiger partial charge is 0.481 e. The van der Waals surface area contributed by atoms with Gasteiger partial charge >= 0.3 is 5.97 Å². The highest BCUT2D eigenvalue weighted by Crippen LogP contribution is 2.37. The van der Waals surface area contributed by atoms with Crippen molar-refractivity contribution in [2.75, 3.05) is 24.5 Å². The van der Waals surface area contributed by atoms with Crippen molar-refractivity contribution in [2.24, 2.45) is 11.8 Å². The SMILES string of the molecule is CCCCn1c(N2CC(C)CC(C)C2)c(/C=C2\SC(=S)N(CCCC(=O)O)C2=O)c(C)c(C#N)c1=O. The minimum Gasteiger partial charge on any atom is -0.481 e. The molecule has 2 saturated heterocycles. The number of amides is 1. The number of carboxylic acids is 1. The Hall–Kier alpha value is -2.64. The van der Waals surface area contributed by atoms with Crippen LogP contribution in [0.2, 0.25) is 0 Å². The Morgan fingerprint density at radius 1 is 1.22 bits per heavy atom. The second kappa shape index (κ2) is 12.1. The van der Waals surface area contributed by atoms with Crippen molar-refractivity contribution < 1.29 is 14.7 Å². The van der Waals surface area contributed by atoms with Gasteiger partial charge in [0.15, 0.2) is 0 Å². The van der Waals surface area contributed by atoms with Crippen molar-refractivity contribution in [3.63, 3.8) is 0 Å². The van der Waals surface area contributed by atoms with E-state index in [1.54, 1.807) is 17.6 Å². The lowest BCUT2D eigenvalue weighted by Crippen LogP contribution is -2.43. The number of hydrogen-bond donors (Lipinski definition) is 1. The number of aromatic nitrogens is 1. The third kappa shape index (κ3) is 6.01. The van der Waals surface area contributed by atoms with E-state index < -0.39 is 5.97 Å². The van der Waals surface area contributed by atoms with Gasteiger partial charge in [0.1, 0.15) is 21.8 Å². The lowest BCUT2D eigenvalue weighted by atomic mass is 9.91. The van der Waals surface area contributed by atoms with Crippen LogP contribution in [0, 0.1) is 30.1 Å². The average Bonchev–Trinajstić information content (AvgIpc) is 3.06. The Labute approximate surface area is 221 Å². The predicted octanol–water partition coefficient (Wildman–Crippen LogP) is 4.38. The fourth-order valence-corrected chi connectivity index (χ4v) is 6.35. The van der Waals surface area contributed by atoms with E-state index in [4.69, 9.17) is 17.3 Å². The number of piperidine rings is 1. The number of carboxylic acid groups (broad SMARTS) is 1. The van der Waals surface area contributed by atoms with Crippen molar-refractivity contribution in [3.05, 3.63) is 31.9 Å². The molecule has 1 N–H and O–H groups in total. The number of hydrogen-bond acceptors (Lipinski definition) is 7. The second-order valence-electron chi connectivity index (χ2n) is 9.84. The summed E-state index contributed by atoms with van der Waals surface area (Å²) in [6.07, 6.45) is 4.84. The molecule has 2 fully saturated rings. The molecule has 194 valence electrons. The van der Waals surface area contributed by atoms with Gasteiger partial charge in [-0.3, -0.25) is 23.9 Å². The van der Waals surface area contributed by atoms with Gasteiger partial charge in [-0.05, 0) is 49.7 Å². The molecular weight excluding hydrogens is 496 g/mol. The summed E-state index contributed by atoms with van der Waals surface area (Å²) >= 11 is 6.60. The molecule has 8 nitrogen and oxygen atoms in total. The molecule has 1 aromatic rings. The van der Waals surface area contributed by atoms with Crippen molar-refractivity contribution in [1.29, 1.82) is 5.26 Å². The van der Waals surface area contributed by atoms with Crippen LogP contribution in [-0.2, 0) is 16.1 Å². The van der Waals surface area contributed by atoms with Crippen LogP contribution < -0.4 is 10.5 Å². The molecule has 2 aliphatic heterocycles. The quantitative estimate of drug-likeness (QED) is 0.370. The maximum absolute atomic E-state index is 13.4. The number of unbranched alkanes of at least 4 members (excludes halogenated alkanes) is 1. The molecule has 2 atom stereocenters. The molecule has 0 aromatic carbocycles. The first-order valence-corrected chi connectivity index (χ1v) is 13.7. The number of thioether (sulfide) groups is 1. The molecule has 2 unspecified atom stereocenters. The van der Waals surface area contributed by atoms with Crippen LogP contribution in [0.5, 0.6) is 0 Å². The van der Waals surface area contributed by atoms with Gasteiger partial charge in [0, 0.05) is 38.2 Å². The zero-order chi connectivity index (χ0) is 26.6. The monoisotopic (exact) mass is 530 g/mol. The number of carbonyl (C=O) groups is 2. The Balaban J connectivity index is 2.15. The molecule has 10 heteroatoms. The smallest absolute Gasteiger partial charge is 0.303 e. The van der Waals surface area contributed by atoms with Crippen LogP contribution in [0.3, 0.4) is 0 Å². The maximum atomic E-state index is 13.4. The third-order valence-electron chi connectivity index (χ3n) is 6.67. The molecule has 0 saturated carbocycles. The highest BCUT2D eigenvalue weighted by Gasteiger charge is 2.34. The molecular formula is C26H34N4O4S2. The summed E-state index contributed by atoms with van der Waals surface area (Å²) < 4.78 is 2.11. The molecule has 0 aliphatic carbocycles. The van der Waals surface area contributed by atoms with Crippen LogP contribution in [-0.4, -0.2) is 50.4 Å². The van der Waals surface area contributed by atoms with Crippen molar-refractivity contribution in [1.82, 2.24) is 9.47 Å². The minimum atomic E-state index is -0.917. The van der Waals surface area contributed by atoms with Crippen LogP contribution in [0.1, 0.15) is 69.6 Å². The van der Waals surface area contributed by atoms with Gasteiger partial charge in [-0.15, -0.1) is 0 Å². The molecule has 1 aromatic heterocycles. The lowest BCUT2D eigenvalue weighted by molar-refractivity contribution is -0.137. The van der Waals surface area contributed by atoms with E-state index in [1.807, 2.05) is 0 Å². The first-order chi connectivity index (χ1) is 17.1. The number of anilines is 1. The fourth-order valence-electron chi connectivity index (χ4n) is 5.06. The van der Waals surface area contributed by atoms with Crippen LogP contribution in [0.25, 0.3) is 6.08 Å². The Morgan fingerprint density at radius 3 is 2.47 bits per heavy atom. The van der Waals surface area contributed by atoms with E-state index in [9.17, 15) is 19.6 Å². The molecule has 0 spiro atoms. The minimum absolute atomic E-state index is 0.0430. The zero-order valence-corrected chi connectivity index (χ0v) is 23.0. The Morgan fingerprint density at radius 2 is 1.89 bits per heavy atom. The van der Waals surface area contributed by atoms with Gasteiger partial charge in [0.25, 0.3) is 11.5 Å². The molecule has 0 radical (unpaired) electrons. The average molecular weight is 531 g/mol. The molecule has 36 heavy (non-hydrogen) atoms. The highest BCUT2D eigenvalue weighted by molar-refractivity contribution is 8.26. The molecule has 3 rings (SSSR count). The van der Waals surface area contributed by atoms with Crippen LogP contribution >= 0.6 is 24.0 Å². The van der Waals surface area contributed by atoms with Gasteiger partial charge in [-0.1, -0.05) is 51.2 Å². The van der Waals surface area contributed by atoms with Gasteiger partial charge < -0.3 is 10.0 Å². The number of aliphatic carboxylic acids is 1. The normalized spacial score (nSPS) is 21.4. The van der Waals surface area contributed by atoms with E-state index in [0.29, 0.717) is 45.2 Å². The van der Waals surface area contributed by atoms with E-state index in [-0.39, 0.29) is 30.0 Å². The Bertz CT molecular complexity index is 1170. The first kappa shape index (κ1) is 27.9. The van der Waals surface area contributed by atoms with E-state index in [1.165, 1.54) is 16.7 Å². The predicted molar refractivity (Wildman–Crippen MR) is 147 cm³/mol. The van der Waals surface area contributed by atoms with E-state index in [2.05, 4.69) is 31.7 Å². The Kier molecular flexibility index (Phi) is 9.36. The van der Waals surface area contributed by atoms with E-state index >= 15 is 0 Å². The summed E-state index contributed by atoms with van der Waals surface area (Å²) in [6.45, 7) is 10.5. The number of pyridine rings is 1. The lowest BCUT2D eigenvalue weighted by Gasteiger charge is -2.39. The highest BCUT2D eigenvalue weighted by atomic mass is 32.2. The second-order valence-corrected chi connectivity index (χ2v) is 11.5. The first-order valence-electron chi connectivity index (χ1n) is 12.5. The molecule has 3 heterocycles. The van der Waals surface area contributed by atoms with Crippen LogP contribution in [0.4, 0.5) is 5.82 Å².